The second-order valence-electron chi connectivity index (χ2n) is 8.63. The van der Waals surface area contributed by atoms with E-state index in [-0.39, 0.29) is 53.0 Å². The van der Waals surface area contributed by atoms with Crippen molar-refractivity contribution in [3.05, 3.63) is 56.1 Å². The van der Waals surface area contributed by atoms with Gasteiger partial charge in [0.05, 0.1) is 49.7 Å². The molecule has 0 amide bonds. The fraction of sp³-hybridized carbons (Fsp3) is 0.385. The van der Waals surface area contributed by atoms with E-state index in [1.54, 1.807) is 0 Å². The van der Waals surface area contributed by atoms with Gasteiger partial charge in [-0.3, -0.25) is 29.8 Å². The van der Waals surface area contributed by atoms with Crippen LogP contribution in [0.3, 0.4) is 0 Å². The van der Waals surface area contributed by atoms with Gasteiger partial charge in [0, 0.05) is 23.8 Å². The summed E-state index contributed by atoms with van der Waals surface area (Å²) < 4.78 is 30.1. The predicted molar refractivity (Wildman–Crippen MR) is 150 cm³/mol. The lowest BCUT2D eigenvalue weighted by Crippen LogP contribution is -2.39. The van der Waals surface area contributed by atoms with E-state index in [4.69, 9.17) is 9.47 Å². The van der Waals surface area contributed by atoms with E-state index in [2.05, 4.69) is 24.3 Å². The van der Waals surface area contributed by atoms with Crippen LogP contribution < -0.4 is 19.7 Å². The molecule has 0 radical (unpaired) electrons. The average molecular weight is 623 g/mol. The molecule has 0 aliphatic carbocycles. The Bertz CT molecular complexity index is 1380. The lowest BCUT2D eigenvalue weighted by atomic mass is 10.1. The summed E-state index contributed by atoms with van der Waals surface area (Å²) in [5.41, 5.74) is -0.587. The molecule has 0 fully saturated rings. The topological polar surface area (TPSA) is 225 Å². The largest absolute Gasteiger partial charge is 0.488 e. The molecule has 18 nitrogen and oxygen atoms in total. The second kappa shape index (κ2) is 16.1. The monoisotopic (exact) mass is 622 g/mol. The van der Waals surface area contributed by atoms with Gasteiger partial charge in [0.2, 0.25) is 6.04 Å². The number of carbonyl (C=O) groups is 4. The minimum atomic E-state index is -1.67. The summed E-state index contributed by atoms with van der Waals surface area (Å²) in [6.45, 7) is 0.0691. The van der Waals surface area contributed by atoms with Gasteiger partial charge in [-0.05, 0) is 19.1 Å². The molecule has 0 atom stereocenters. The van der Waals surface area contributed by atoms with Crippen molar-refractivity contribution in [3.8, 4) is 11.5 Å². The van der Waals surface area contributed by atoms with Gasteiger partial charge in [-0.25, -0.2) is 9.59 Å². The molecule has 0 bridgehead atoms. The lowest BCUT2D eigenvalue weighted by molar-refractivity contribution is -0.385. The van der Waals surface area contributed by atoms with Crippen LogP contribution in [0, 0.1) is 27.2 Å². The quantitative estimate of drug-likeness (QED) is 0.0699. The standard InChI is InChI=1S/C26H30N4O14/c1-15-10-21(19(12-18(15)30(37)38)28(13-22(31)39-2)14-23(32)40-3)44-9-8-43-20-7-6-16(29(35)36)11-17(20)27-24(25(33)41-4)26(34)42-5/h6-7,10-12,24,27H,8-9,13-14H2,1-5H3. The molecule has 2 aromatic carbocycles. The molecule has 2 rings (SSSR count). The first-order valence-electron chi connectivity index (χ1n) is 12.5. The van der Waals surface area contributed by atoms with Gasteiger partial charge in [-0.15, -0.1) is 0 Å². The molecule has 0 unspecified atom stereocenters. The van der Waals surface area contributed by atoms with Gasteiger partial charge in [0.15, 0.2) is 0 Å². The summed E-state index contributed by atoms with van der Waals surface area (Å²) in [6, 6.07) is 4.18. The van der Waals surface area contributed by atoms with E-state index in [9.17, 15) is 39.4 Å². The van der Waals surface area contributed by atoms with Gasteiger partial charge in [-0.2, -0.15) is 0 Å². The van der Waals surface area contributed by atoms with Crippen molar-refractivity contribution in [1.82, 2.24) is 0 Å². The Kier molecular flexibility index (Phi) is 12.6. The average Bonchev–Trinajstić information content (AvgIpc) is 3.00. The summed E-state index contributed by atoms with van der Waals surface area (Å²) in [7, 11) is 4.33. The number of carbonyl (C=O) groups excluding carboxylic acids is 4. The highest BCUT2D eigenvalue weighted by Gasteiger charge is 2.30. The molecule has 0 aliphatic heterocycles. The molecule has 0 saturated heterocycles. The summed E-state index contributed by atoms with van der Waals surface area (Å²) in [5, 5.41) is 25.5. The van der Waals surface area contributed by atoms with Crippen molar-refractivity contribution in [2.45, 2.75) is 13.0 Å². The fourth-order valence-electron chi connectivity index (χ4n) is 3.66. The Labute approximate surface area is 250 Å². The molecular formula is C26H30N4O14. The zero-order valence-electron chi connectivity index (χ0n) is 24.3. The van der Waals surface area contributed by atoms with Crippen LogP contribution in [0.1, 0.15) is 5.56 Å². The van der Waals surface area contributed by atoms with E-state index in [1.807, 2.05) is 0 Å². The Morgan fingerprint density at radius 2 is 1.34 bits per heavy atom. The van der Waals surface area contributed by atoms with Crippen LogP contribution in [-0.4, -0.2) is 94.5 Å². The number of non-ortho nitro benzene ring substituents is 1. The van der Waals surface area contributed by atoms with Crippen LogP contribution in [0.5, 0.6) is 11.5 Å². The first-order valence-corrected chi connectivity index (χ1v) is 12.5. The molecule has 0 aliphatic rings. The molecule has 44 heavy (non-hydrogen) atoms. The van der Waals surface area contributed by atoms with Crippen molar-refractivity contribution in [1.29, 1.82) is 0 Å². The summed E-state index contributed by atoms with van der Waals surface area (Å²) in [5.74, 6) is -3.52. The molecular weight excluding hydrogens is 592 g/mol. The van der Waals surface area contributed by atoms with Crippen LogP contribution >= 0.6 is 0 Å². The van der Waals surface area contributed by atoms with Crippen molar-refractivity contribution >= 4 is 46.6 Å². The van der Waals surface area contributed by atoms with Crippen molar-refractivity contribution < 1.29 is 57.4 Å². The van der Waals surface area contributed by atoms with Gasteiger partial charge >= 0.3 is 23.9 Å². The third-order valence-electron chi connectivity index (χ3n) is 5.86. The molecule has 2 aromatic rings. The highest BCUT2D eigenvalue weighted by atomic mass is 16.6. The lowest BCUT2D eigenvalue weighted by Gasteiger charge is -2.25. The van der Waals surface area contributed by atoms with Gasteiger partial charge in [0.25, 0.3) is 11.4 Å². The molecule has 18 heteroatoms. The van der Waals surface area contributed by atoms with Crippen LogP contribution in [0.15, 0.2) is 30.3 Å². The number of nitro benzene ring substituents is 2. The molecule has 0 heterocycles. The summed E-state index contributed by atoms with van der Waals surface area (Å²) >= 11 is 0. The van der Waals surface area contributed by atoms with Gasteiger partial charge in [0.1, 0.15) is 37.8 Å². The number of benzene rings is 2. The maximum Gasteiger partial charge on any atom is 0.340 e. The first kappa shape index (κ1) is 34.5. The Morgan fingerprint density at radius 1 is 0.795 bits per heavy atom. The number of methoxy groups -OCH3 is 4. The molecule has 0 aromatic heterocycles. The van der Waals surface area contributed by atoms with Gasteiger partial charge < -0.3 is 38.6 Å². The smallest absolute Gasteiger partial charge is 0.340 e. The highest BCUT2D eigenvalue weighted by Crippen LogP contribution is 2.36. The van der Waals surface area contributed by atoms with Crippen LogP contribution in [-0.2, 0) is 38.1 Å². The number of nitro groups is 2. The Balaban J connectivity index is 2.37. The molecule has 0 spiro atoms. The minimum absolute atomic E-state index is 0.00906. The predicted octanol–water partition coefficient (Wildman–Crippen LogP) is 1.55. The van der Waals surface area contributed by atoms with Gasteiger partial charge in [-0.1, -0.05) is 0 Å². The Hall–Kier alpha value is -5.68. The normalized spacial score (nSPS) is 10.3. The number of hydrogen-bond donors (Lipinski definition) is 1. The van der Waals surface area contributed by atoms with E-state index >= 15 is 0 Å². The van der Waals surface area contributed by atoms with E-state index < -0.39 is 52.9 Å². The number of hydrogen-bond acceptors (Lipinski definition) is 16. The van der Waals surface area contributed by atoms with Crippen LogP contribution in [0.2, 0.25) is 0 Å². The zero-order chi connectivity index (χ0) is 33.0. The first-order chi connectivity index (χ1) is 20.9. The third kappa shape index (κ3) is 9.16. The van der Waals surface area contributed by atoms with Crippen molar-refractivity contribution in [3.63, 3.8) is 0 Å². The number of ether oxygens (including phenoxy) is 6. The van der Waals surface area contributed by atoms with Crippen molar-refractivity contribution in [2.75, 3.05) is 65.0 Å². The highest BCUT2D eigenvalue weighted by molar-refractivity contribution is 6.02. The number of anilines is 2. The number of rotatable bonds is 16. The summed E-state index contributed by atoms with van der Waals surface area (Å²) in [4.78, 5) is 71.2. The number of nitrogens with zero attached hydrogens (tertiary/aromatic N) is 3. The molecule has 0 saturated carbocycles. The zero-order valence-corrected chi connectivity index (χ0v) is 24.3. The molecule has 238 valence electrons. The maximum absolute atomic E-state index is 12.1. The second-order valence-corrected chi connectivity index (χ2v) is 8.63. The minimum Gasteiger partial charge on any atom is -0.488 e. The van der Waals surface area contributed by atoms with E-state index in [1.165, 1.54) is 24.0 Å². The molecule has 1 N–H and O–H groups in total. The Morgan fingerprint density at radius 3 is 1.82 bits per heavy atom. The van der Waals surface area contributed by atoms with E-state index in [0.717, 1.165) is 46.6 Å². The van der Waals surface area contributed by atoms with Crippen molar-refractivity contribution in [2.24, 2.45) is 0 Å². The van der Waals surface area contributed by atoms with Crippen LogP contribution in [0.25, 0.3) is 0 Å². The van der Waals surface area contributed by atoms with Crippen LogP contribution in [0.4, 0.5) is 22.7 Å². The fourth-order valence-corrected chi connectivity index (χ4v) is 3.66. The van der Waals surface area contributed by atoms with E-state index in [0.29, 0.717) is 0 Å². The number of esters is 4. The number of aryl methyl sites for hydroxylation is 1. The summed E-state index contributed by atoms with van der Waals surface area (Å²) in [6.07, 6.45) is 0. The third-order valence-corrected chi connectivity index (χ3v) is 5.86. The number of nitrogens with one attached hydrogen (secondary N) is 1. The maximum atomic E-state index is 12.1. The SMILES string of the molecule is COC(=O)CN(CC(=O)OC)c1cc([N+](=O)[O-])c(C)cc1OCCOc1ccc([N+](=O)[O-])cc1NC(C(=O)OC)C(=O)OC.